The second-order valence-corrected chi connectivity index (χ2v) is 8.33. The van der Waals surface area contributed by atoms with Gasteiger partial charge in [0.25, 0.3) is 0 Å². The number of nitrogens with zero attached hydrogens (tertiary/aromatic N) is 1. The summed E-state index contributed by atoms with van der Waals surface area (Å²) < 4.78 is 5.33. The van der Waals surface area contributed by atoms with Crippen molar-refractivity contribution in [2.24, 2.45) is 5.73 Å². The number of nitrogen functional groups attached to an aromatic ring is 1. The molecule has 3 rings (SSSR count). The van der Waals surface area contributed by atoms with Gasteiger partial charge in [-0.1, -0.05) is 24.3 Å². The van der Waals surface area contributed by atoms with Crippen LogP contribution in [-0.4, -0.2) is 51.3 Å². The molecule has 0 aliphatic heterocycles. The molecule has 38 heavy (non-hydrogen) atoms. The van der Waals surface area contributed by atoms with Crippen LogP contribution in [0.5, 0.6) is 5.75 Å². The van der Waals surface area contributed by atoms with Crippen LogP contribution < -0.4 is 10.5 Å². The molecule has 0 fully saturated rings. The second-order valence-electron chi connectivity index (χ2n) is 8.33. The summed E-state index contributed by atoms with van der Waals surface area (Å²) in [5.41, 5.74) is 7.74. The number of nitrogens with two attached hydrogens (primary N) is 1. The quantitative estimate of drug-likeness (QED) is 0.105. The van der Waals surface area contributed by atoms with Crippen molar-refractivity contribution in [1.82, 2.24) is 4.90 Å². The first kappa shape index (κ1) is 27.3. The van der Waals surface area contributed by atoms with Gasteiger partial charge in [0.05, 0.1) is 11.1 Å². The van der Waals surface area contributed by atoms with Gasteiger partial charge in [-0.25, -0.2) is 9.59 Å². The fourth-order valence-electron chi connectivity index (χ4n) is 3.48. The predicted molar refractivity (Wildman–Crippen MR) is 139 cm³/mol. The van der Waals surface area contributed by atoms with Gasteiger partial charge in [0.2, 0.25) is 5.91 Å². The van der Waals surface area contributed by atoms with Crippen LogP contribution in [0.2, 0.25) is 0 Å². The van der Waals surface area contributed by atoms with E-state index in [4.69, 9.17) is 21.0 Å². The first-order valence-corrected chi connectivity index (χ1v) is 11.3. The average Bonchev–Trinajstić information content (AvgIpc) is 2.88. The summed E-state index contributed by atoms with van der Waals surface area (Å²) in [4.78, 5) is 49.0. The van der Waals surface area contributed by atoms with E-state index in [1.165, 1.54) is 48.5 Å². The number of carboxylic acid groups (broad SMARTS) is 2. The van der Waals surface area contributed by atoms with E-state index < -0.39 is 30.4 Å². The van der Waals surface area contributed by atoms with Gasteiger partial charge in [-0.2, -0.15) is 0 Å². The van der Waals surface area contributed by atoms with Crippen LogP contribution in [0.3, 0.4) is 0 Å². The smallest absolute Gasteiger partial charge is 0.343 e. The molecule has 0 saturated carbocycles. The molecule has 0 heterocycles. The largest absolute Gasteiger partial charge is 0.480 e. The van der Waals surface area contributed by atoms with Gasteiger partial charge in [0.15, 0.2) is 0 Å². The maximum atomic E-state index is 13.0. The minimum atomic E-state index is -1.19. The fourth-order valence-corrected chi connectivity index (χ4v) is 3.48. The molecule has 194 valence electrons. The lowest BCUT2D eigenvalue weighted by molar-refractivity contribution is -0.143. The zero-order valence-electron chi connectivity index (χ0n) is 20.4. The highest BCUT2D eigenvalue weighted by atomic mass is 16.5. The SMILES string of the molecule is C/C(=C\c1ccc(C(=O)Oc2ccc(C(=N)N)cc2)cc1)C(=O)N(CC(=O)O)Cc1ccc(C(=O)O)cc1. The Hall–Kier alpha value is -5.25. The van der Waals surface area contributed by atoms with Gasteiger partial charge in [-0.05, 0) is 72.7 Å². The Bertz CT molecular complexity index is 1390. The molecule has 0 radical (unpaired) electrons. The number of esters is 1. The minimum absolute atomic E-state index is 0.0195. The third-order valence-electron chi connectivity index (χ3n) is 5.43. The highest BCUT2D eigenvalue weighted by Gasteiger charge is 2.19. The molecule has 0 unspecified atom stereocenters. The van der Waals surface area contributed by atoms with Gasteiger partial charge in [-0.3, -0.25) is 15.0 Å². The molecule has 3 aromatic carbocycles. The van der Waals surface area contributed by atoms with E-state index in [0.29, 0.717) is 22.4 Å². The number of benzene rings is 3. The zero-order chi connectivity index (χ0) is 27.8. The van der Waals surface area contributed by atoms with Crippen LogP contribution in [-0.2, 0) is 16.1 Å². The first-order valence-electron chi connectivity index (χ1n) is 11.3. The highest BCUT2D eigenvalue weighted by Crippen LogP contribution is 2.17. The van der Waals surface area contributed by atoms with Crippen LogP contribution in [0, 0.1) is 5.41 Å². The Morgan fingerprint density at radius 3 is 1.95 bits per heavy atom. The molecule has 10 nitrogen and oxygen atoms in total. The van der Waals surface area contributed by atoms with Crippen LogP contribution in [0.15, 0.2) is 78.4 Å². The number of amidine groups is 1. The summed E-state index contributed by atoms with van der Waals surface area (Å²) >= 11 is 0. The molecule has 0 bridgehead atoms. The van der Waals surface area contributed by atoms with E-state index in [1.54, 1.807) is 37.3 Å². The molecule has 10 heteroatoms. The van der Waals surface area contributed by atoms with E-state index in [0.717, 1.165) is 4.90 Å². The zero-order valence-corrected chi connectivity index (χ0v) is 20.4. The fraction of sp³-hybridized carbons (Fsp3) is 0.107. The lowest BCUT2D eigenvalue weighted by Gasteiger charge is -2.21. The number of carbonyl (C=O) groups is 4. The van der Waals surface area contributed by atoms with Crippen molar-refractivity contribution in [2.75, 3.05) is 6.54 Å². The van der Waals surface area contributed by atoms with Gasteiger partial charge in [-0.15, -0.1) is 0 Å². The molecule has 0 aromatic heterocycles. The maximum absolute atomic E-state index is 13.0. The number of carbonyl (C=O) groups excluding carboxylic acids is 2. The molecule has 1 amide bonds. The van der Waals surface area contributed by atoms with Crippen molar-refractivity contribution in [2.45, 2.75) is 13.5 Å². The highest BCUT2D eigenvalue weighted by molar-refractivity contribution is 5.99. The summed E-state index contributed by atoms with van der Waals surface area (Å²) in [6.45, 7) is 0.995. The number of amides is 1. The third-order valence-corrected chi connectivity index (χ3v) is 5.43. The molecular weight excluding hydrogens is 490 g/mol. The second kappa shape index (κ2) is 12.1. The Morgan fingerprint density at radius 2 is 1.42 bits per heavy atom. The summed E-state index contributed by atoms with van der Waals surface area (Å²) in [6, 6.07) is 18.3. The number of aliphatic carboxylic acids is 1. The molecule has 0 atom stereocenters. The van der Waals surface area contributed by atoms with E-state index in [1.807, 2.05) is 0 Å². The molecule has 0 spiro atoms. The van der Waals surface area contributed by atoms with E-state index in [2.05, 4.69) is 0 Å². The lowest BCUT2D eigenvalue weighted by atomic mass is 10.1. The van der Waals surface area contributed by atoms with E-state index in [9.17, 15) is 24.3 Å². The molecule has 0 aliphatic carbocycles. The summed E-state index contributed by atoms with van der Waals surface area (Å²) in [5, 5.41) is 25.7. The molecule has 5 N–H and O–H groups in total. The van der Waals surface area contributed by atoms with Crippen LogP contribution in [0.4, 0.5) is 0 Å². The minimum Gasteiger partial charge on any atom is -0.480 e. The third kappa shape index (κ3) is 7.37. The summed E-state index contributed by atoms with van der Waals surface area (Å²) in [5.74, 6) is -3.18. The monoisotopic (exact) mass is 515 g/mol. The van der Waals surface area contributed by atoms with Gasteiger partial charge >= 0.3 is 17.9 Å². The van der Waals surface area contributed by atoms with Crippen molar-refractivity contribution in [3.05, 3.63) is 106 Å². The Balaban J connectivity index is 1.69. The van der Waals surface area contributed by atoms with Gasteiger partial charge in [0, 0.05) is 17.7 Å². The van der Waals surface area contributed by atoms with Crippen LogP contribution in [0.25, 0.3) is 6.08 Å². The van der Waals surface area contributed by atoms with E-state index >= 15 is 0 Å². The Morgan fingerprint density at radius 1 is 0.868 bits per heavy atom. The van der Waals surface area contributed by atoms with Gasteiger partial charge in [0.1, 0.15) is 18.1 Å². The van der Waals surface area contributed by atoms with Crippen LogP contribution >= 0.6 is 0 Å². The Kier molecular flexibility index (Phi) is 8.73. The standard InChI is InChI=1S/C28H25N3O7/c1-17(26(34)31(16-24(32)33)15-19-4-6-21(7-5-19)27(35)36)14-18-2-8-22(9-3-18)28(37)38-23-12-10-20(11-13-23)25(29)30/h2-14H,15-16H2,1H3,(H3,29,30)(H,32,33)(H,35,36)/b17-14+. The number of hydrogen-bond acceptors (Lipinski definition) is 6. The molecular formula is C28H25N3O7. The Labute approximate surface area is 218 Å². The number of aromatic carboxylic acids is 1. The van der Waals surface area contributed by atoms with Crippen molar-refractivity contribution >= 4 is 35.7 Å². The number of hydrogen-bond donors (Lipinski definition) is 4. The summed E-state index contributed by atoms with van der Waals surface area (Å²) in [6.07, 6.45) is 1.57. The van der Waals surface area contributed by atoms with Crippen molar-refractivity contribution in [1.29, 1.82) is 5.41 Å². The summed E-state index contributed by atoms with van der Waals surface area (Å²) in [7, 11) is 0. The number of carboxylic acids is 2. The number of ether oxygens (including phenoxy) is 1. The predicted octanol–water partition coefficient (Wildman–Crippen LogP) is 3.40. The number of nitrogens with one attached hydrogen (secondary N) is 1. The average molecular weight is 516 g/mol. The molecule has 0 saturated heterocycles. The van der Waals surface area contributed by atoms with Crippen molar-refractivity contribution in [3.8, 4) is 5.75 Å². The van der Waals surface area contributed by atoms with Crippen molar-refractivity contribution in [3.63, 3.8) is 0 Å². The maximum Gasteiger partial charge on any atom is 0.343 e. The van der Waals surface area contributed by atoms with Crippen LogP contribution in [0.1, 0.15) is 44.3 Å². The van der Waals surface area contributed by atoms with E-state index in [-0.39, 0.29) is 29.1 Å². The van der Waals surface area contributed by atoms with Gasteiger partial charge < -0.3 is 25.6 Å². The normalized spacial score (nSPS) is 10.9. The first-order chi connectivity index (χ1) is 18.0. The topological polar surface area (TPSA) is 171 Å². The molecule has 0 aliphatic rings. The molecule has 3 aromatic rings. The lowest BCUT2D eigenvalue weighted by Crippen LogP contribution is -2.35. The number of rotatable bonds is 10. The van der Waals surface area contributed by atoms with Crippen molar-refractivity contribution < 1.29 is 34.1 Å².